The summed E-state index contributed by atoms with van der Waals surface area (Å²) in [4.78, 5) is 0.330. The van der Waals surface area contributed by atoms with Crippen molar-refractivity contribution < 1.29 is 13.2 Å². The number of nitrogens with one attached hydrogen (secondary N) is 1. The molecule has 2 atom stereocenters. The lowest BCUT2D eigenvalue weighted by atomic mass is 9.98. The number of aryl methyl sites for hydroxylation is 2. The maximum Gasteiger partial charge on any atom is 0.240 e. The van der Waals surface area contributed by atoms with Gasteiger partial charge in [0, 0.05) is 37.9 Å². The Labute approximate surface area is 136 Å². The van der Waals surface area contributed by atoms with Gasteiger partial charge in [-0.05, 0) is 25.0 Å². The summed E-state index contributed by atoms with van der Waals surface area (Å²) in [7, 11) is -1.65. The summed E-state index contributed by atoms with van der Waals surface area (Å²) in [6.07, 6.45) is 4.41. The van der Waals surface area contributed by atoms with Gasteiger partial charge in [-0.25, -0.2) is 13.1 Å². The van der Waals surface area contributed by atoms with Crippen LogP contribution in [0.1, 0.15) is 23.7 Å². The van der Waals surface area contributed by atoms with Gasteiger partial charge in [-0.15, -0.1) is 0 Å². The lowest BCUT2D eigenvalue weighted by molar-refractivity contribution is 0.0917. The largest absolute Gasteiger partial charge is 0.373 e. The Morgan fingerprint density at radius 3 is 2.87 bits per heavy atom. The van der Waals surface area contributed by atoms with Gasteiger partial charge in [-0.2, -0.15) is 5.10 Å². The van der Waals surface area contributed by atoms with Crippen molar-refractivity contribution in [2.45, 2.75) is 24.3 Å². The Morgan fingerprint density at radius 1 is 1.39 bits per heavy atom. The fourth-order valence-electron chi connectivity index (χ4n) is 2.95. The van der Waals surface area contributed by atoms with Crippen LogP contribution in [0.15, 0.2) is 41.6 Å². The molecular formula is C16H21N3O3S. The van der Waals surface area contributed by atoms with Gasteiger partial charge in [0.15, 0.2) is 0 Å². The molecule has 2 aromatic rings. The smallest absolute Gasteiger partial charge is 0.240 e. The molecule has 1 fully saturated rings. The molecule has 0 radical (unpaired) electrons. The lowest BCUT2D eigenvalue weighted by Gasteiger charge is -2.18. The Kier molecular flexibility index (Phi) is 4.52. The molecular weight excluding hydrogens is 314 g/mol. The van der Waals surface area contributed by atoms with E-state index in [1.165, 1.54) is 0 Å². The summed E-state index contributed by atoms with van der Waals surface area (Å²) in [5.41, 5.74) is 1.73. The predicted molar refractivity (Wildman–Crippen MR) is 86.4 cm³/mol. The van der Waals surface area contributed by atoms with E-state index in [-0.39, 0.29) is 12.0 Å². The van der Waals surface area contributed by atoms with Gasteiger partial charge in [-0.3, -0.25) is 4.68 Å². The fourth-order valence-corrected chi connectivity index (χ4v) is 4.29. The number of ether oxygens (including phenoxy) is 1. The highest BCUT2D eigenvalue weighted by Crippen LogP contribution is 2.34. The Balaban J connectivity index is 1.71. The second-order valence-corrected chi connectivity index (χ2v) is 7.64. The molecule has 23 heavy (non-hydrogen) atoms. The first-order valence-corrected chi connectivity index (χ1v) is 9.11. The van der Waals surface area contributed by atoms with Crippen molar-refractivity contribution >= 4 is 10.0 Å². The number of sulfonamides is 1. The van der Waals surface area contributed by atoms with Gasteiger partial charge in [-0.1, -0.05) is 18.2 Å². The summed E-state index contributed by atoms with van der Waals surface area (Å²) in [5.74, 6) is 0.109. The average molecular weight is 335 g/mol. The molecule has 0 bridgehead atoms. The molecule has 0 amide bonds. The standard InChI is InChI=1S/C16H21N3O3S/c1-12-5-3-4-6-15(12)23(20,21)18-10-13-7-8-22-16(13)14-9-17-19(2)11-14/h3-6,9,11,13,16,18H,7-8,10H2,1-2H3/t13-,16+/m0/s1. The number of aromatic nitrogens is 2. The topological polar surface area (TPSA) is 73.2 Å². The zero-order chi connectivity index (χ0) is 16.4. The molecule has 1 aliphatic rings. The van der Waals surface area contributed by atoms with E-state index in [9.17, 15) is 8.42 Å². The predicted octanol–water partition coefficient (Wildman–Crippen LogP) is 1.78. The molecule has 6 nitrogen and oxygen atoms in total. The molecule has 0 aliphatic carbocycles. The van der Waals surface area contributed by atoms with Crippen molar-refractivity contribution in [2.24, 2.45) is 13.0 Å². The molecule has 1 aliphatic heterocycles. The molecule has 7 heteroatoms. The maximum absolute atomic E-state index is 12.5. The zero-order valence-electron chi connectivity index (χ0n) is 13.3. The Morgan fingerprint density at radius 2 is 2.17 bits per heavy atom. The second-order valence-electron chi connectivity index (χ2n) is 5.90. The summed E-state index contributed by atoms with van der Waals surface area (Å²) >= 11 is 0. The van der Waals surface area contributed by atoms with Gasteiger partial charge < -0.3 is 4.74 Å². The van der Waals surface area contributed by atoms with E-state index in [1.54, 1.807) is 36.0 Å². The third-order valence-electron chi connectivity index (χ3n) is 4.19. The summed E-state index contributed by atoms with van der Waals surface area (Å²) in [5, 5.41) is 4.16. The molecule has 1 saturated heterocycles. The second kappa shape index (κ2) is 6.43. The van der Waals surface area contributed by atoms with E-state index in [0.29, 0.717) is 18.0 Å². The molecule has 0 unspecified atom stereocenters. The van der Waals surface area contributed by atoms with Crippen LogP contribution in [0.4, 0.5) is 0 Å². The highest BCUT2D eigenvalue weighted by atomic mass is 32.2. The van der Waals surface area contributed by atoms with Gasteiger partial charge in [0.25, 0.3) is 0 Å². The van der Waals surface area contributed by atoms with E-state index >= 15 is 0 Å². The van der Waals surface area contributed by atoms with Gasteiger partial charge in [0.1, 0.15) is 0 Å². The molecule has 0 saturated carbocycles. The highest BCUT2D eigenvalue weighted by Gasteiger charge is 2.31. The third kappa shape index (κ3) is 3.46. The van der Waals surface area contributed by atoms with Crippen molar-refractivity contribution in [3.63, 3.8) is 0 Å². The molecule has 1 aromatic heterocycles. The molecule has 3 rings (SSSR count). The van der Waals surface area contributed by atoms with Crippen molar-refractivity contribution in [2.75, 3.05) is 13.2 Å². The quantitative estimate of drug-likeness (QED) is 0.904. The minimum atomic E-state index is -3.51. The minimum Gasteiger partial charge on any atom is -0.373 e. The fraction of sp³-hybridized carbons (Fsp3) is 0.438. The normalized spacial score (nSPS) is 21.7. The molecule has 1 aromatic carbocycles. The van der Waals surface area contributed by atoms with Crippen LogP contribution in [0.3, 0.4) is 0 Å². The van der Waals surface area contributed by atoms with E-state index in [1.807, 2.05) is 19.3 Å². The van der Waals surface area contributed by atoms with Gasteiger partial charge in [0.2, 0.25) is 10.0 Å². The van der Waals surface area contributed by atoms with E-state index in [2.05, 4.69) is 9.82 Å². The summed E-state index contributed by atoms with van der Waals surface area (Å²) in [6.45, 7) is 2.79. The van der Waals surface area contributed by atoms with Gasteiger partial charge in [0.05, 0.1) is 17.2 Å². The highest BCUT2D eigenvalue weighted by molar-refractivity contribution is 7.89. The number of hydrogen-bond acceptors (Lipinski definition) is 4. The van der Waals surface area contributed by atoms with Crippen molar-refractivity contribution in [3.8, 4) is 0 Å². The van der Waals surface area contributed by atoms with Crippen LogP contribution in [0, 0.1) is 12.8 Å². The Hall–Kier alpha value is -1.70. The van der Waals surface area contributed by atoms with Crippen LogP contribution in [-0.4, -0.2) is 31.3 Å². The third-order valence-corrected chi connectivity index (χ3v) is 5.77. The number of benzene rings is 1. The van der Waals surface area contributed by atoms with Crippen LogP contribution in [-0.2, 0) is 21.8 Å². The monoisotopic (exact) mass is 335 g/mol. The van der Waals surface area contributed by atoms with Gasteiger partial charge >= 0.3 is 0 Å². The molecule has 124 valence electrons. The number of nitrogens with zero attached hydrogens (tertiary/aromatic N) is 2. The number of rotatable bonds is 5. The van der Waals surface area contributed by atoms with Crippen LogP contribution in [0.5, 0.6) is 0 Å². The number of hydrogen-bond donors (Lipinski definition) is 1. The van der Waals surface area contributed by atoms with Crippen LogP contribution in [0.25, 0.3) is 0 Å². The summed E-state index contributed by atoms with van der Waals surface area (Å²) < 4.78 is 35.2. The average Bonchev–Trinajstić information content (AvgIpc) is 3.14. The van der Waals surface area contributed by atoms with Crippen molar-refractivity contribution in [3.05, 3.63) is 47.8 Å². The first-order valence-electron chi connectivity index (χ1n) is 7.63. The SMILES string of the molecule is Cc1ccccc1S(=O)(=O)NC[C@@H]1CCO[C@H]1c1cnn(C)c1. The van der Waals surface area contributed by atoms with E-state index in [0.717, 1.165) is 17.5 Å². The van der Waals surface area contributed by atoms with Crippen molar-refractivity contribution in [1.29, 1.82) is 0 Å². The van der Waals surface area contributed by atoms with Crippen LogP contribution >= 0.6 is 0 Å². The van der Waals surface area contributed by atoms with Crippen LogP contribution < -0.4 is 4.72 Å². The van der Waals surface area contributed by atoms with Crippen LogP contribution in [0.2, 0.25) is 0 Å². The Bertz CT molecular complexity index is 785. The zero-order valence-corrected chi connectivity index (χ0v) is 14.1. The maximum atomic E-state index is 12.5. The van der Waals surface area contributed by atoms with Crippen molar-refractivity contribution in [1.82, 2.24) is 14.5 Å². The van der Waals surface area contributed by atoms with E-state index in [4.69, 9.17) is 4.74 Å². The lowest BCUT2D eigenvalue weighted by Crippen LogP contribution is -2.31. The molecule has 0 spiro atoms. The molecule has 2 heterocycles. The molecule has 1 N–H and O–H groups in total. The minimum absolute atomic E-state index is 0.108. The van der Waals surface area contributed by atoms with E-state index < -0.39 is 10.0 Å². The first-order chi connectivity index (χ1) is 11.0. The summed E-state index contributed by atoms with van der Waals surface area (Å²) in [6, 6.07) is 6.99. The first kappa shape index (κ1) is 16.2.